The first-order valence-electron chi connectivity index (χ1n) is 2.33. The highest BCUT2D eigenvalue weighted by molar-refractivity contribution is 8.31. The summed E-state index contributed by atoms with van der Waals surface area (Å²) in [5.74, 6) is -1.65. The van der Waals surface area contributed by atoms with Crippen LogP contribution in [0.25, 0.3) is 0 Å². The van der Waals surface area contributed by atoms with Crippen molar-refractivity contribution in [1.29, 1.82) is 0 Å². The molecule has 0 amide bonds. The van der Waals surface area contributed by atoms with E-state index in [1.807, 2.05) is 0 Å². The van der Waals surface area contributed by atoms with Gasteiger partial charge >= 0.3 is 0 Å². The summed E-state index contributed by atoms with van der Waals surface area (Å²) in [6.07, 6.45) is 0. The summed E-state index contributed by atoms with van der Waals surface area (Å²) in [4.78, 5) is 19.9. The van der Waals surface area contributed by atoms with E-state index in [0.717, 1.165) is 0 Å². The van der Waals surface area contributed by atoms with Crippen molar-refractivity contribution in [3.8, 4) is 11.5 Å². The van der Waals surface area contributed by atoms with E-state index in [0.29, 0.717) is 0 Å². The third-order valence-electron chi connectivity index (χ3n) is 0.861. The lowest BCUT2D eigenvalue weighted by Crippen LogP contribution is -2.28. The van der Waals surface area contributed by atoms with Gasteiger partial charge in [0.15, 0.2) is 31.0 Å². The van der Waals surface area contributed by atoms with Crippen LogP contribution < -0.4 is 10.9 Å². The lowest BCUT2D eigenvalue weighted by atomic mass is 10.2. The maximum Gasteiger partial charge on any atom is 0.275 e. The zero-order valence-electron chi connectivity index (χ0n) is 5.28. The normalized spacial score (nSPS) is 9.67. The van der Waals surface area contributed by atoms with Crippen LogP contribution in [0.5, 0.6) is 11.5 Å². The zero-order valence-corrected chi connectivity index (χ0v) is 7.61. The SMILES string of the molecule is O=c1c(O)c(O)c1=O.[O-][S+](Cl)Cl. The molecule has 0 heterocycles. The highest BCUT2D eigenvalue weighted by Gasteiger charge is 2.17. The van der Waals surface area contributed by atoms with E-state index in [2.05, 4.69) is 21.4 Å². The molecule has 0 unspecified atom stereocenters. The molecular weight excluding hydrogens is 231 g/mol. The van der Waals surface area contributed by atoms with Gasteiger partial charge in [0.05, 0.1) is 0 Å². The Bertz CT molecular complexity index is 295. The Balaban J connectivity index is 0.000000261. The smallest absolute Gasteiger partial charge is 0.275 e. The van der Waals surface area contributed by atoms with Gasteiger partial charge < -0.3 is 14.8 Å². The van der Waals surface area contributed by atoms with E-state index in [-0.39, 0.29) is 0 Å². The van der Waals surface area contributed by atoms with Gasteiger partial charge in [-0.3, -0.25) is 9.59 Å². The van der Waals surface area contributed by atoms with Gasteiger partial charge in [0.25, 0.3) is 10.9 Å². The van der Waals surface area contributed by atoms with Crippen molar-refractivity contribution < 1.29 is 14.8 Å². The monoisotopic (exact) mass is 232 g/mol. The largest absolute Gasteiger partial charge is 0.582 e. The van der Waals surface area contributed by atoms with Gasteiger partial charge in [-0.2, -0.15) is 0 Å². The molecule has 12 heavy (non-hydrogen) atoms. The quantitative estimate of drug-likeness (QED) is 0.475. The van der Waals surface area contributed by atoms with Gasteiger partial charge in [-0.05, 0) is 0 Å². The van der Waals surface area contributed by atoms with Crippen molar-refractivity contribution in [3.05, 3.63) is 20.4 Å². The predicted molar refractivity (Wildman–Crippen MR) is 44.5 cm³/mol. The average Bonchev–Trinajstić information content (AvgIpc) is 2.00. The van der Waals surface area contributed by atoms with E-state index >= 15 is 0 Å². The van der Waals surface area contributed by atoms with Crippen LogP contribution in [0.1, 0.15) is 0 Å². The average molecular weight is 233 g/mol. The zero-order chi connectivity index (χ0) is 9.89. The molecule has 0 aromatic heterocycles. The summed E-state index contributed by atoms with van der Waals surface area (Å²) < 4.78 is 9.09. The van der Waals surface area contributed by atoms with Crippen molar-refractivity contribution in [2.24, 2.45) is 0 Å². The Morgan fingerprint density at radius 3 is 1.33 bits per heavy atom. The van der Waals surface area contributed by atoms with E-state index in [1.54, 1.807) is 0 Å². The first-order chi connectivity index (χ1) is 5.37. The molecule has 1 aromatic rings. The third kappa shape index (κ3) is 2.90. The van der Waals surface area contributed by atoms with Crippen molar-refractivity contribution >= 4 is 31.0 Å². The molecule has 68 valence electrons. The van der Waals surface area contributed by atoms with Gasteiger partial charge in [0.2, 0.25) is 11.5 Å². The molecule has 1 rings (SSSR count). The molecule has 0 aliphatic heterocycles. The summed E-state index contributed by atoms with van der Waals surface area (Å²) in [5, 5.41) is 16.4. The number of halogens is 2. The van der Waals surface area contributed by atoms with Gasteiger partial charge in [-0.1, -0.05) is 0 Å². The highest BCUT2D eigenvalue weighted by Crippen LogP contribution is 2.13. The van der Waals surface area contributed by atoms with Crippen molar-refractivity contribution in [2.45, 2.75) is 0 Å². The molecule has 0 saturated carbocycles. The lowest BCUT2D eigenvalue weighted by molar-refractivity contribution is 0.384. The molecule has 0 fully saturated rings. The second kappa shape index (κ2) is 4.56. The molecule has 1 aromatic carbocycles. The molecule has 2 N–H and O–H groups in total. The van der Waals surface area contributed by atoms with Crippen LogP contribution in [-0.4, -0.2) is 14.8 Å². The van der Waals surface area contributed by atoms with E-state index in [4.69, 9.17) is 14.8 Å². The summed E-state index contributed by atoms with van der Waals surface area (Å²) in [6.45, 7) is 0. The standard InChI is InChI=1S/C4H2O4.Cl2OS/c5-1-2(6)4(8)3(1)7;1-4(2)3/h5-6H;. The minimum absolute atomic E-state index is 0.824. The van der Waals surface area contributed by atoms with E-state index in [1.165, 1.54) is 0 Å². The second-order valence-corrected chi connectivity index (χ2v) is 4.06. The topological polar surface area (TPSA) is 97.7 Å². The summed E-state index contributed by atoms with van der Waals surface area (Å²) >= 11 is 0. The van der Waals surface area contributed by atoms with E-state index < -0.39 is 32.0 Å². The summed E-state index contributed by atoms with van der Waals surface area (Å²) in [5.41, 5.74) is -2.02. The van der Waals surface area contributed by atoms with Gasteiger partial charge in [0, 0.05) is 0 Å². The minimum atomic E-state index is -1.67. The first kappa shape index (κ1) is 11.6. The fourth-order valence-electron chi connectivity index (χ4n) is 0.368. The maximum atomic E-state index is 9.95. The molecule has 0 atom stereocenters. The van der Waals surface area contributed by atoms with Crippen LogP contribution in [0.3, 0.4) is 0 Å². The maximum absolute atomic E-state index is 9.95. The van der Waals surface area contributed by atoms with Crippen molar-refractivity contribution in [1.82, 2.24) is 0 Å². The highest BCUT2D eigenvalue weighted by atomic mass is 36.0. The predicted octanol–water partition coefficient (Wildman–Crippen LogP) is -0.264. The van der Waals surface area contributed by atoms with E-state index in [9.17, 15) is 9.59 Å². The van der Waals surface area contributed by atoms with Crippen LogP contribution in [0.2, 0.25) is 0 Å². The van der Waals surface area contributed by atoms with Gasteiger partial charge in [-0.25, -0.2) is 0 Å². The number of rotatable bonds is 0. The van der Waals surface area contributed by atoms with Crippen LogP contribution in [0.15, 0.2) is 9.59 Å². The molecule has 0 radical (unpaired) electrons. The van der Waals surface area contributed by atoms with Crippen LogP contribution >= 0.6 is 21.4 Å². The summed E-state index contributed by atoms with van der Waals surface area (Å²) in [6, 6.07) is 0. The first-order valence-corrected chi connectivity index (χ1v) is 5.13. The van der Waals surface area contributed by atoms with Crippen molar-refractivity contribution in [3.63, 3.8) is 0 Å². The number of hydrogen-bond donors (Lipinski definition) is 2. The lowest BCUT2D eigenvalue weighted by Gasteiger charge is -1.92. The van der Waals surface area contributed by atoms with Crippen LogP contribution in [0, 0.1) is 0 Å². The molecule has 0 aliphatic carbocycles. The Labute approximate surface area is 78.0 Å². The Kier molecular flexibility index (Phi) is 4.40. The minimum Gasteiger partial charge on any atom is -0.582 e. The molecule has 0 spiro atoms. The Morgan fingerprint density at radius 1 is 1.08 bits per heavy atom. The second-order valence-electron chi connectivity index (χ2n) is 1.54. The Morgan fingerprint density at radius 2 is 1.25 bits per heavy atom. The fourth-order valence-corrected chi connectivity index (χ4v) is 0.368. The number of aromatic hydroxyl groups is 2. The molecule has 8 heteroatoms. The van der Waals surface area contributed by atoms with Gasteiger partial charge in [-0.15, -0.1) is 0 Å². The third-order valence-corrected chi connectivity index (χ3v) is 0.861. The summed E-state index contributed by atoms with van der Waals surface area (Å²) in [7, 11) is 7.36. The van der Waals surface area contributed by atoms with Crippen LogP contribution in [0.4, 0.5) is 0 Å². The van der Waals surface area contributed by atoms with Crippen LogP contribution in [-0.2, 0) is 9.60 Å². The molecule has 0 bridgehead atoms. The van der Waals surface area contributed by atoms with Crippen molar-refractivity contribution in [2.75, 3.05) is 0 Å². The molecule has 0 aliphatic rings. The fraction of sp³-hybridized carbons (Fsp3) is 0. The Hall–Kier alpha value is -0.430. The molecule has 5 nitrogen and oxygen atoms in total. The van der Waals surface area contributed by atoms with Gasteiger partial charge in [0.1, 0.15) is 0 Å². The molecule has 0 saturated heterocycles. The molecular formula is C4H2Cl2O5S. The number of hydrogen-bond acceptors (Lipinski definition) is 5.